The molecule has 2 rings (SSSR count). The van der Waals surface area contributed by atoms with Gasteiger partial charge in [0.2, 0.25) is 0 Å². The molecule has 0 spiro atoms. The summed E-state index contributed by atoms with van der Waals surface area (Å²) in [5.41, 5.74) is 0. The molecule has 5 heteroatoms. The highest BCUT2D eigenvalue weighted by Gasteiger charge is 1.98. The molecule has 2 aromatic rings. The number of aromatic nitrogens is 2. The minimum Gasteiger partial charge on any atom is -0.395 e. The van der Waals surface area contributed by atoms with E-state index >= 15 is 0 Å². The van der Waals surface area contributed by atoms with Gasteiger partial charge in [0.1, 0.15) is 0 Å². The molecule has 0 aliphatic heterocycles. The summed E-state index contributed by atoms with van der Waals surface area (Å²) in [6, 6.07) is 9.02. The van der Waals surface area contributed by atoms with Crippen LogP contribution in [-0.4, -0.2) is 33.8 Å². The van der Waals surface area contributed by atoms with E-state index in [9.17, 15) is 4.79 Å². The van der Waals surface area contributed by atoms with Crippen molar-refractivity contribution in [2.45, 2.75) is 0 Å². The third-order valence-electron chi connectivity index (χ3n) is 1.79. The van der Waals surface area contributed by atoms with Gasteiger partial charge in [-0.3, -0.25) is 9.55 Å². The number of carbonyl (C=O) groups is 1. The second kappa shape index (κ2) is 8.06. The van der Waals surface area contributed by atoms with Crippen molar-refractivity contribution in [1.29, 1.82) is 0 Å². The molecule has 0 saturated carbocycles. The molecule has 0 unspecified atom stereocenters. The summed E-state index contributed by atoms with van der Waals surface area (Å²) in [5, 5.41) is 10.9. The van der Waals surface area contributed by atoms with E-state index in [4.69, 9.17) is 5.11 Å². The van der Waals surface area contributed by atoms with E-state index in [0.29, 0.717) is 0 Å². The first-order valence-electron chi connectivity index (χ1n) is 5.21. The monoisotopic (exact) mass is 233 g/mol. The smallest absolute Gasteiger partial charge is 0.325 e. The van der Waals surface area contributed by atoms with Gasteiger partial charge >= 0.3 is 6.03 Å². The lowest BCUT2D eigenvalue weighted by molar-refractivity contribution is 0.235. The topological polar surface area (TPSA) is 67.2 Å². The lowest BCUT2D eigenvalue weighted by Crippen LogP contribution is -2.29. The number of nitrogens with zero attached hydrogens (tertiary/aromatic N) is 2. The fraction of sp³-hybridized carbons (Fsp3) is 0.167. The lowest BCUT2D eigenvalue weighted by Gasteiger charge is -2.01. The lowest BCUT2D eigenvalue weighted by atomic mass is 10.5. The minimum atomic E-state index is -0.218. The van der Waals surface area contributed by atoms with Crippen molar-refractivity contribution in [3.8, 4) is 0 Å². The number of aliphatic hydroxyl groups is 1. The van der Waals surface area contributed by atoms with Gasteiger partial charge in [0, 0.05) is 31.3 Å². The first-order valence-corrected chi connectivity index (χ1v) is 5.21. The van der Waals surface area contributed by atoms with E-state index in [1.807, 2.05) is 18.2 Å². The molecule has 0 aromatic carbocycles. The second-order valence-corrected chi connectivity index (χ2v) is 3.07. The molecular formula is C12H15N3O2. The highest BCUT2D eigenvalue weighted by molar-refractivity contribution is 5.76. The zero-order chi connectivity index (χ0) is 12.3. The Labute approximate surface area is 99.7 Å². The Bertz CT molecular complexity index is 374. The van der Waals surface area contributed by atoms with Crippen LogP contribution in [0.1, 0.15) is 0 Å². The van der Waals surface area contributed by atoms with Crippen LogP contribution < -0.4 is 5.32 Å². The quantitative estimate of drug-likeness (QED) is 0.816. The molecule has 90 valence electrons. The van der Waals surface area contributed by atoms with Gasteiger partial charge < -0.3 is 10.4 Å². The molecule has 0 bridgehead atoms. The molecule has 2 heterocycles. The number of nitrogens with one attached hydrogen (secondary N) is 1. The van der Waals surface area contributed by atoms with Crippen molar-refractivity contribution in [3.05, 3.63) is 55.1 Å². The summed E-state index contributed by atoms with van der Waals surface area (Å²) < 4.78 is 1.41. The zero-order valence-electron chi connectivity index (χ0n) is 9.36. The minimum absolute atomic E-state index is 0.0347. The van der Waals surface area contributed by atoms with E-state index in [2.05, 4.69) is 10.3 Å². The molecular weight excluding hydrogens is 218 g/mol. The molecule has 0 radical (unpaired) electrons. The van der Waals surface area contributed by atoms with Gasteiger partial charge in [0.15, 0.2) is 0 Å². The van der Waals surface area contributed by atoms with Crippen molar-refractivity contribution in [1.82, 2.24) is 14.9 Å². The van der Waals surface area contributed by atoms with Crippen molar-refractivity contribution >= 4 is 6.03 Å². The van der Waals surface area contributed by atoms with Gasteiger partial charge in [-0.15, -0.1) is 0 Å². The summed E-state index contributed by atoms with van der Waals surface area (Å²) in [6.07, 6.45) is 6.79. The van der Waals surface area contributed by atoms with Gasteiger partial charge in [-0.05, 0) is 24.3 Å². The maximum atomic E-state index is 11.0. The Morgan fingerprint density at radius 3 is 2.18 bits per heavy atom. The van der Waals surface area contributed by atoms with Crippen LogP contribution >= 0.6 is 0 Å². The normalized spacial score (nSPS) is 9.00. The van der Waals surface area contributed by atoms with Gasteiger partial charge in [-0.2, -0.15) is 0 Å². The fourth-order valence-electron chi connectivity index (χ4n) is 1.04. The Morgan fingerprint density at radius 1 is 1.12 bits per heavy atom. The van der Waals surface area contributed by atoms with Gasteiger partial charge in [0.25, 0.3) is 0 Å². The SMILES string of the molecule is O=C(NCCO)n1cccc1.c1ccncc1. The van der Waals surface area contributed by atoms with Gasteiger partial charge in [-0.1, -0.05) is 6.07 Å². The van der Waals surface area contributed by atoms with E-state index in [-0.39, 0.29) is 19.2 Å². The predicted octanol–water partition coefficient (Wildman–Crippen LogP) is 1.12. The third kappa shape index (κ3) is 5.48. The summed E-state index contributed by atoms with van der Waals surface area (Å²) in [5.74, 6) is 0. The average molecular weight is 233 g/mol. The molecule has 1 amide bonds. The highest BCUT2D eigenvalue weighted by atomic mass is 16.3. The van der Waals surface area contributed by atoms with Crippen molar-refractivity contribution in [3.63, 3.8) is 0 Å². The molecule has 17 heavy (non-hydrogen) atoms. The van der Waals surface area contributed by atoms with Crippen LogP contribution in [0.4, 0.5) is 4.79 Å². The molecule has 0 fully saturated rings. The molecule has 2 N–H and O–H groups in total. The summed E-state index contributed by atoms with van der Waals surface area (Å²) in [4.78, 5) is 14.8. The van der Waals surface area contributed by atoms with Crippen molar-refractivity contribution in [2.75, 3.05) is 13.2 Å². The van der Waals surface area contributed by atoms with E-state index < -0.39 is 0 Å². The Kier molecular flexibility index (Phi) is 6.13. The van der Waals surface area contributed by atoms with Gasteiger partial charge in [0.05, 0.1) is 6.61 Å². The predicted molar refractivity (Wildman–Crippen MR) is 64.6 cm³/mol. The Morgan fingerprint density at radius 2 is 1.76 bits per heavy atom. The van der Waals surface area contributed by atoms with Crippen LogP contribution in [-0.2, 0) is 0 Å². The molecule has 0 atom stereocenters. The number of rotatable bonds is 2. The number of pyridine rings is 1. The third-order valence-corrected chi connectivity index (χ3v) is 1.79. The number of hydrogen-bond acceptors (Lipinski definition) is 3. The largest absolute Gasteiger partial charge is 0.395 e. The highest BCUT2D eigenvalue weighted by Crippen LogP contribution is 1.87. The number of aliphatic hydroxyl groups excluding tert-OH is 1. The van der Waals surface area contributed by atoms with Crippen LogP contribution in [0.15, 0.2) is 55.1 Å². The van der Waals surface area contributed by atoms with Gasteiger partial charge in [-0.25, -0.2) is 4.79 Å². The Balaban J connectivity index is 0.000000202. The number of carbonyl (C=O) groups excluding carboxylic acids is 1. The first kappa shape index (κ1) is 12.9. The summed E-state index contributed by atoms with van der Waals surface area (Å²) in [7, 11) is 0. The maximum Gasteiger partial charge on any atom is 0.325 e. The molecule has 0 aliphatic rings. The zero-order valence-corrected chi connectivity index (χ0v) is 9.36. The van der Waals surface area contributed by atoms with Crippen LogP contribution in [0.25, 0.3) is 0 Å². The van der Waals surface area contributed by atoms with Crippen LogP contribution in [0.2, 0.25) is 0 Å². The summed E-state index contributed by atoms with van der Waals surface area (Å²) >= 11 is 0. The second-order valence-electron chi connectivity index (χ2n) is 3.07. The summed E-state index contributed by atoms with van der Waals surface area (Å²) in [6.45, 7) is 0.254. The van der Waals surface area contributed by atoms with E-state index in [1.165, 1.54) is 4.57 Å². The molecule has 0 saturated heterocycles. The Hall–Kier alpha value is -2.14. The number of hydrogen-bond donors (Lipinski definition) is 2. The van der Waals surface area contributed by atoms with Crippen molar-refractivity contribution < 1.29 is 9.90 Å². The molecule has 2 aromatic heterocycles. The molecule has 0 aliphatic carbocycles. The van der Waals surface area contributed by atoms with Crippen LogP contribution in [0, 0.1) is 0 Å². The first-order chi connectivity index (χ1) is 8.34. The number of amides is 1. The van der Waals surface area contributed by atoms with E-state index in [0.717, 1.165) is 0 Å². The van der Waals surface area contributed by atoms with Crippen LogP contribution in [0.5, 0.6) is 0 Å². The van der Waals surface area contributed by atoms with Crippen LogP contribution in [0.3, 0.4) is 0 Å². The fourth-order valence-corrected chi connectivity index (χ4v) is 1.04. The maximum absolute atomic E-state index is 11.0. The van der Waals surface area contributed by atoms with E-state index in [1.54, 1.807) is 36.9 Å². The van der Waals surface area contributed by atoms with Crippen molar-refractivity contribution in [2.24, 2.45) is 0 Å². The standard InChI is InChI=1S/C7H10N2O2.C5H5N/c10-6-3-8-7(11)9-4-1-2-5-9;1-2-4-6-5-3-1/h1-2,4-5,10H,3,6H2,(H,8,11);1-5H. The molecule has 5 nitrogen and oxygen atoms in total. The average Bonchev–Trinajstić information content (AvgIpc) is 2.93.